The highest BCUT2D eigenvalue weighted by Gasteiger charge is 2.19. The van der Waals surface area contributed by atoms with Crippen LogP contribution in [0.25, 0.3) is 10.9 Å². The Morgan fingerprint density at radius 1 is 1.30 bits per heavy atom. The van der Waals surface area contributed by atoms with Crippen LogP contribution in [-0.4, -0.2) is 21.7 Å². The number of hydrogen-bond acceptors (Lipinski definition) is 2. The van der Waals surface area contributed by atoms with Crippen LogP contribution < -0.4 is 10.2 Å². The molecule has 0 spiro atoms. The van der Waals surface area contributed by atoms with Crippen molar-refractivity contribution < 1.29 is 4.39 Å². The van der Waals surface area contributed by atoms with Gasteiger partial charge in [0.15, 0.2) is 5.11 Å². The molecule has 140 valence electrons. The van der Waals surface area contributed by atoms with Gasteiger partial charge in [-0.25, -0.2) is 4.39 Å². The minimum atomic E-state index is -0.277. The Balaban J connectivity index is 2.12. The third-order valence-electron chi connectivity index (χ3n) is 4.84. The standard InChI is InChI=1S/C21H23FN4S/c1-5-12-25-15(3)14(2)18-10-11-24-19(20(18)25)13-26(21(27)23-4)17-8-6-16(22)7-9-17/h5-11H,1,12-13H2,2-4H3,(H,23,27). The molecule has 1 aromatic carbocycles. The number of pyridine rings is 1. The normalized spacial score (nSPS) is 10.8. The van der Waals surface area contributed by atoms with Crippen molar-refractivity contribution in [3.05, 3.63) is 72.0 Å². The number of nitrogens with one attached hydrogen (secondary N) is 1. The molecule has 0 radical (unpaired) electrons. The van der Waals surface area contributed by atoms with Crippen molar-refractivity contribution >= 4 is 33.9 Å². The second kappa shape index (κ2) is 7.88. The van der Waals surface area contributed by atoms with Crippen LogP contribution in [-0.2, 0) is 13.1 Å². The molecule has 27 heavy (non-hydrogen) atoms. The molecule has 0 amide bonds. The average molecular weight is 383 g/mol. The number of fused-ring (bicyclic) bond motifs is 1. The average Bonchev–Trinajstić information content (AvgIpc) is 2.92. The van der Waals surface area contributed by atoms with E-state index >= 15 is 0 Å². The Morgan fingerprint density at radius 2 is 2.00 bits per heavy atom. The van der Waals surface area contributed by atoms with E-state index in [0.29, 0.717) is 18.2 Å². The van der Waals surface area contributed by atoms with E-state index in [1.54, 1.807) is 19.2 Å². The maximum absolute atomic E-state index is 13.4. The lowest BCUT2D eigenvalue weighted by Crippen LogP contribution is -2.37. The molecule has 2 aromatic heterocycles. The molecule has 3 rings (SSSR count). The number of anilines is 1. The number of rotatable bonds is 5. The third kappa shape index (κ3) is 3.57. The topological polar surface area (TPSA) is 33.1 Å². The van der Waals surface area contributed by atoms with Crippen LogP contribution in [0.4, 0.5) is 10.1 Å². The molecule has 0 unspecified atom stereocenters. The van der Waals surface area contributed by atoms with Gasteiger partial charge in [0.2, 0.25) is 0 Å². The lowest BCUT2D eigenvalue weighted by atomic mass is 10.1. The SMILES string of the molecule is C=CCn1c(C)c(C)c2ccnc(CN(C(=S)NC)c3ccc(F)cc3)c21. The van der Waals surface area contributed by atoms with E-state index in [1.165, 1.54) is 28.8 Å². The first-order valence-electron chi connectivity index (χ1n) is 8.77. The predicted octanol–water partition coefficient (Wildman–Crippen LogP) is 4.49. The van der Waals surface area contributed by atoms with E-state index in [1.807, 2.05) is 23.2 Å². The van der Waals surface area contributed by atoms with Gasteiger partial charge in [-0.15, -0.1) is 6.58 Å². The van der Waals surface area contributed by atoms with E-state index < -0.39 is 0 Å². The van der Waals surface area contributed by atoms with Gasteiger partial charge in [0.1, 0.15) is 5.82 Å². The van der Waals surface area contributed by atoms with E-state index in [9.17, 15) is 4.39 Å². The van der Waals surface area contributed by atoms with Gasteiger partial charge in [-0.05, 0) is 62.0 Å². The Labute approximate surface area is 164 Å². The summed E-state index contributed by atoms with van der Waals surface area (Å²) in [5.74, 6) is -0.277. The molecule has 0 atom stereocenters. The largest absolute Gasteiger partial charge is 0.365 e. The molecule has 0 aliphatic heterocycles. The summed E-state index contributed by atoms with van der Waals surface area (Å²) in [6.07, 6.45) is 3.71. The Morgan fingerprint density at radius 3 is 2.63 bits per heavy atom. The van der Waals surface area contributed by atoms with Crippen molar-refractivity contribution in [3.8, 4) is 0 Å². The number of thiocarbonyl (C=S) groups is 1. The molecule has 2 heterocycles. The molecule has 6 heteroatoms. The summed E-state index contributed by atoms with van der Waals surface area (Å²) in [4.78, 5) is 6.57. The molecule has 4 nitrogen and oxygen atoms in total. The summed E-state index contributed by atoms with van der Waals surface area (Å²) < 4.78 is 15.6. The second-order valence-corrected chi connectivity index (χ2v) is 6.77. The fraction of sp³-hybridized carbons (Fsp3) is 0.238. The van der Waals surface area contributed by atoms with Crippen LogP contribution in [0.1, 0.15) is 17.0 Å². The number of allylic oxidation sites excluding steroid dienone is 1. The smallest absolute Gasteiger partial charge is 0.173 e. The van der Waals surface area contributed by atoms with Crippen molar-refractivity contribution in [3.63, 3.8) is 0 Å². The zero-order valence-electron chi connectivity index (χ0n) is 15.8. The van der Waals surface area contributed by atoms with Gasteiger partial charge < -0.3 is 14.8 Å². The van der Waals surface area contributed by atoms with Crippen LogP contribution in [0.5, 0.6) is 0 Å². The second-order valence-electron chi connectivity index (χ2n) is 6.38. The van der Waals surface area contributed by atoms with E-state index in [-0.39, 0.29) is 5.82 Å². The molecule has 0 fully saturated rings. The monoisotopic (exact) mass is 382 g/mol. The fourth-order valence-corrected chi connectivity index (χ4v) is 3.50. The maximum atomic E-state index is 13.4. The summed E-state index contributed by atoms with van der Waals surface area (Å²) in [6.45, 7) is 9.30. The van der Waals surface area contributed by atoms with Gasteiger partial charge in [0.25, 0.3) is 0 Å². The highest BCUT2D eigenvalue weighted by Crippen LogP contribution is 2.28. The first-order valence-corrected chi connectivity index (χ1v) is 9.17. The highest BCUT2D eigenvalue weighted by molar-refractivity contribution is 7.80. The van der Waals surface area contributed by atoms with Crippen LogP contribution >= 0.6 is 12.2 Å². The summed E-state index contributed by atoms with van der Waals surface area (Å²) >= 11 is 5.50. The van der Waals surface area contributed by atoms with Crippen molar-refractivity contribution in [2.24, 2.45) is 0 Å². The maximum Gasteiger partial charge on any atom is 0.173 e. The summed E-state index contributed by atoms with van der Waals surface area (Å²) in [5, 5.41) is 4.74. The molecule has 1 N–H and O–H groups in total. The van der Waals surface area contributed by atoms with E-state index in [2.05, 4.69) is 35.3 Å². The van der Waals surface area contributed by atoms with Crippen molar-refractivity contribution in [2.45, 2.75) is 26.9 Å². The number of nitrogens with zero attached hydrogens (tertiary/aromatic N) is 3. The molecule has 0 bridgehead atoms. The minimum absolute atomic E-state index is 0.277. The number of benzene rings is 1. The van der Waals surface area contributed by atoms with Crippen molar-refractivity contribution in [1.29, 1.82) is 0 Å². The Hall–Kier alpha value is -2.73. The summed E-state index contributed by atoms with van der Waals surface area (Å²) in [5.41, 5.74) is 5.24. The number of hydrogen-bond donors (Lipinski definition) is 1. The molecule has 0 aliphatic carbocycles. The van der Waals surface area contributed by atoms with Crippen molar-refractivity contribution in [2.75, 3.05) is 11.9 Å². The first kappa shape index (κ1) is 19.0. The molecule has 0 aliphatic rings. The van der Waals surface area contributed by atoms with Gasteiger partial charge in [-0.3, -0.25) is 4.98 Å². The molecular formula is C21H23FN4S. The summed E-state index contributed by atoms with van der Waals surface area (Å²) in [6, 6.07) is 8.35. The molecule has 0 saturated heterocycles. The van der Waals surface area contributed by atoms with E-state index in [0.717, 1.165) is 16.9 Å². The predicted molar refractivity (Wildman–Crippen MR) is 114 cm³/mol. The molecule has 3 aromatic rings. The Kier molecular flexibility index (Phi) is 5.56. The molecular weight excluding hydrogens is 359 g/mol. The van der Waals surface area contributed by atoms with Crippen LogP contribution in [0, 0.1) is 19.7 Å². The minimum Gasteiger partial charge on any atom is -0.365 e. The third-order valence-corrected chi connectivity index (χ3v) is 5.26. The van der Waals surface area contributed by atoms with Gasteiger partial charge in [-0.2, -0.15) is 0 Å². The fourth-order valence-electron chi connectivity index (χ4n) is 3.33. The van der Waals surface area contributed by atoms with Gasteiger partial charge >= 0.3 is 0 Å². The lowest BCUT2D eigenvalue weighted by Gasteiger charge is -2.25. The Bertz CT molecular complexity index is 992. The zero-order chi connectivity index (χ0) is 19.6. The number of aromatic nitrogens is 2. The van der Waals surface area contributed by atoms with E-state index in [4.69, 9.17) is 12.2 Å². The van der Waals surface area contributed by atoms with Gasteiger partial charge in [-0.1, -0.05) is 6.08 Å². The van der Waals surface area contributed by atoms with Crippen LogP contribution in [0.2, 0.25) is 0 Å². The lowest BCUT2D eigenvalue weighted by molar-refractivity contribution is 0.628. The summed E-state index contributed by atoms with van der Waals surface area (Å²) in [7, 11) is 1.78. The quantitative estimate of drug-likeness (QED) is 0.521. The zero-order valence-corrected chi connectivity index (χ0v) is 16.6. The van der Waals surface area contributed by atoms with Gasteiger partial charge in [0.05, 0.1) is 17.8 Å². The van der Waals surface area contributed by atoms with Crippen molar-refractivity contribution in [1.82, 2.24) is 14.9 Å². The van der Waals surface area contributed by atoms with Crippen LogP contribution in [0.3, 0.4) is 0 Å². The molecule has 0 saturated carbocycles. The highest BCUT2D eigenvalue weighted by atomic mass is 32.1. The number of halogens is 1. The first-order chi connectivity index (χ1) is 13.0. The van der Waals surface area contributed by atoms with Crippen LogP contribution in [0.15, 0.2) is 49.2 Å². The number of aryl methyl sites for hydroxylation is 1. The van der Waals surface area contributed by atoms with Gasteiger partial charge in [0, 0.05) is 36.6 Å².